The van der Waals surface area contributed by atoms with E-state index < -0.39 is 0 Å². The summed E-state index contributed by atoms with van der Waals surface area (Å²) in [7, 11) is 0. The molecule has 1 heterocycles. The fourth-order valence-electron chi connectivity index (χ4n) is 1.38. The van der Waals surface area contributed by atoms with Gasteiger partial charge in [-0.1, -0.05) is 28.1 Å². The molecule has 0 amide bonds. The highest BCUT2D eigenvalue weighted by atomic mass is 79.9. The molecule has 2 aromatic rings. The molecule has 0 radical (unpaired) electrons. The van der Waals surface area contributed by atoms with Gasteiger partial charge in [0.1, 0.15) is 5.75 Å². The van der Waals surface area contributed by atoms with Gasteiger partial charge in [-0.2, -0.15) is 0 Å². The number of benzene rings is 1. The first-order valence-electron chi connectivity index (χ1n) is 5.12. The second-order valence-electron chi connectivity index (χ2n) is 3.73. The van der Waals surface area contributed by atoms with Crippen LogP contribution in [0.5, 0.6) is 10.8 Å². The van der Waals surface area contributed by atoms with Gasteiger partial charge in [-0.05, 0) is 48.6 Å². The Kier molecular flexibility index (Phi) is 3.66. The number of alkyl halides is 1. The number of ether oxygens (including phenoxy) is 1. The van der Waals surface area contributed by atoms with Crippen LogP contribution < -0.4 is 4.74 Å². The Bertz CT molecular complexity index is 459. The van der Waals surface area contributed by atoms with E-state index >= 15 is 0 Å². The van der Waals surface area contributed by atoms with Gasteiger partial charge < -0.3 is 4.74 Å². The van der Waals surface area contributed by atoms with Gasteiger partial charge in [0.25, 0.3) is 0 Å². The molecule has 0 fully saturated rings. The standard InChI is InChI=1S/C13H13BrOS/c1-9-7-13(16-8-9)15-12-5-3-11(4-6-12)10(2)14/h3-8,10H,1-2H3. The molecule has 0 aliphatic carbocycles. The van der Waals surface area contributed by atoms with Gasteiger partial charge >= 0.3 is 0 Å². The number of hydrogen-bond donors (Lipinski definition) is 0. The maximum Gasteiger partial charge on any atom is 0.181 e. The summed E-state index contributed by atoms with van der Waals surface area (Å²) < 4.78 is 5.74. The van der Waals surface area contributed by atoms with Crippen molar-refractivity contribution < 1.29 is 4.74 Å². The fraction of sp³-hybridized carbons (Fsp3) is 0.231. The Hall–Kier alpha value is -0.800. The van der Waals surface area contributed by atoms with Crippen LogP contribution in [0.25, 0.3) is 0 Å². The summed E-state index contributed by atoms with van der Waals surface area (Å²) in [6, 6.07) is 10.2. The van der Waals surface area contributed by atoms with Gasteiger partial charge in [0.15, 0.2) is 5.06 Å². The number of halogens is 1. The predicted molar refractivity (Wildman–Crippen MR) is 72.9 cm³/mol. The zero-order valence-electron chi connectivity index (χ0n) is 9.24. The van der Waals surface area contributed by atoms with Crippen LogP contribution in [0, 0.1) is 6.92 Å². The molecule has 0 saturated carbocycles. The average molecular weight is 297 g/mol. The van der Waals surface area contributed by atoms with Crippen LogP contribution in [0.1, 0.15) is 22.9 Å². The maximum absolute atomic E-state index is 5.74. The fourth-order valence-corrected chi connectivity index (χ4v) is 2.45. The Morgan fingerprint density at radius 1 is 1.25 bits per heavy atom. The zero-order valence-corrected chi connectivity index (χ0v) is 11.6. The van der Waals surface area contributed by atoms with Gasteiger partial charge in [-0.3, -0.25) is 0 Å². The highest BCUT2D eigenvalue weighted by molar-refractivity contribution is 9.09. The molecule has 1 nitrogen and oxygen atoms in total. The van der Waals surface area contributed by atoms with E-state index in [1.165, 1.54) is 11.1 Å². The van der Waals surface area contributed by atoms with E-state index in [4.69, 9.17) is 4.74 Å². The number of aryl methyl sites for hydroxylation is 1. The molecule has 0 aliphatic heterocycles. The van der Waals surface area contributed by atoms with Crippen molar-refractivity contribution in [1.82, 2.24) is 0 Å². The predicted octanol–water partition coefficient (Wildman–Crippen LogP) is 5.30. The van der Waals surface area contributed by atoms with Gasteiger partial charge in [-0.25, -0.2) is 0 Å². The largest absolute Gasteiger partial charge is 0.447 e. The van der Waals surface area contributed by atoms with Crippen molar-refractivity contribution in [2.45, 2.75) is 18.7 Å². The second kappa shape index (κ2) is 5.02. The van der Waals surface area contributed by atoms with Crippen LogP contribution in [0.4, 0.5) is 0 Å². The summed E-state index contributed by atoms with van der Waals surface area (Å²) in [6.45, 7) is 4.18. The number of rotatable bonds is 3. The van der Waals surface area contributed by atoms with Crippen molar-refractivity contribution in [3.8, 4) is 10.8 Å². The first kappa shape index (κ1) is 11.7. The maximum atomic E-state index is 5.74. The molecule has 1 unspecified atom stereocenters. The van der Waals surface area contributed by atoms with E-state index in [0.717, 1.165) is 10.8 Å². The summed E-state index contributed by atoms with van der Waals surface area (Å²) in [5.41, 5.74) is 2.50. The van der Waals surface area contributed by atoms with E-state index in [1.54, 1.807) is 11.3 Å². The van der Waals surface area contributed by atoms with Crippen molar-refractivity contribution in [2.24, 2.45) is 0 Å². The molecule has 1 aromatic heterocycles. The molecule has 2 rings (SSSR count). The minimum atomic E-state index is 0.380. The van der Waals surface area contributed by atoms with Crippen molar-refractivity contribution in [1.29, 1.82) is 0 Å². The molecule has 1 atom stereocenters. The van der Waals surface area contributed by atoms with E-state index in [1.807, 2.05) is 18.2 Å². The number of thiophene rings is 1. The minimum Gasteiger partial charge on any atom is -0.447 e. The molecular formula is C13H13BrOS. The molecule has 84 valence electrons. The Balaban J connectivity index is 2.11. The lowest BCUT2D eigenvalue weighted by Crippen LogP contribution is -1.84. The second-order valence-corrected chi connectivity index (χ2v) is 5.98. The van der Waals surface area contributed by atoms with E-state index in [9.17, 15) is 0 Å². The molecule has 0 saturated heterocycles. The van der Waals surface area contributed by atoms with E-state index in [2.05, 4.69) is 47.3 Å². The van der Waals surface area contributed by atoms with Crippen molar-refractivity contribution >= 4 is 27.3 Å². The third-order valence-corrected chi connectivity index (χ3v) is 3.72. The Labute approximate surface area is 108 Å². The van der Waals surface area contributed by atoms with Gasteiger partial charge in [0, 0.05) is 4.83 Å². The van der Waals surface area contributed by atoms with Crippen LogP contribution in [-0.2, 0) is 0 Å². The first-order chi connectivity index (χ1) is 7.65. The summed E-state index contributed by atoms with van der Waals surface area (Å²) in [6.07, 6.45) is 0. The molecular weight excluding hydrogens is 284 g/mol. The minimum absolute atomic E-state index is 0.380. The third kappa shape index (κ3) is 2.86. The molecule has 0 bridgehead atoms. The summed E-state index contributed by atoms with van der Waals surface area (Å²) >= 11 is 5.16. The van der Waals surface area contributed by atoms with Crippen LogP contribution >= 0.6 is 27.3 Å². The smallest absolute Gasteiger partial charge is 0.181 e. The van der Waals surface area contributed by atoms with Crippen molar-refractivity contribution in [3.63, 3.8) is 0 Å². The normalized spacial score (nSPS) is 12.4. The lowest BCUT2D eigenvalue weighted by Gasteiger charge is -2.06. The van der Waals surface area contributed by atoms with Gasteiger partial charge in [0.2, 0.25) is 0 Å². The van der Waals surface area contributed by atoms with Gasteiger partial charge in [0.05, 0.1) is 0 Å². The van der Waals surface area contributed by atoms with Crippen LogP contribution in [0.2, 0.25) is 0 Å². The van der Waals surface area contributed by atoms with E-state index in [-0.39, 0.29) is 0 Å². The lowest BCUT2D eigenvalue weighted by molar-refractivity contribution is 0.496. The highest BCUT2D eigenvalue weighted by Gasteiger charge is 2.02. The summed E-state index contributed by atoms with van der Waals surface area (Å²) in [4.78, 5) is 0.380. The molecule has 1 aromatic carbocycles. The average Bonchev–Trinajstić information content (AvgIpc) is 2.65. The zero-order chi connectivity index (χ0) is 11.5. The highest BCUT2D eigenvalue weighted by Crippen LogP contribution is 2.30. The van der Waals surface area contributed by atoms with E-state index in [0.29, 0.717) is 4.83 Å². The Morgan fingerprint density at radius 2 is 1.94 bits per heavy atom. The lowest BCUT2D eigenvalue weighted by atomic mass is 10.2. The van der Waals surface area contributed by atoms with Crippen molar-refractivity contribution in [3.05, 3.63) is 46.8 Å². The quantitative estimate of drug-likeness (QED) is 0.698. The Morgan fingerprint density at radius 3 is 2.44 bits per heavy atom. The van der Waals surface area contributed by atoms with Crippen LogP contribution in [0.15, 0.2) is 35.7 Å². The third-order valence-electron chi connectivity index (χ3n) is 2.26. The molecule has 3 heteroatoms. The first-order valence-corrected chi connectivity index (χ1v) is 6.92. The molecule has 0 N–H and O–H groups in total. The SMILES string of the molecule is Cc1csc(Oc2ccc(C(C)Br)cc2)c1. The van der Waals surface area contributed by atoms with Crippen LogP contribution in [-0.4, -0.2) is 0 Å². The monoisotopic (exact) mass is 296 g/mol. The summed E-state index contributed by atoms with van der Waals surface area (Å²) in [5.74, 6) is 0.888. The number of hydrogen-bond acceptors (Lipinski definition) is 2. The molecule has 16 heavy (non-hydrogen) atoms. The molecule has 0 spiro atoms. The topological polar surface area (TPSA) is 9.23 Å². The van der Waals surface area contributed by atoms with Crippen LogP contribution in [0.3, 0.4) is 0 Å². The van der Waals surface area contributed by atoms with Crippen molar-refractivity contribution in [2.75, 3.05) is 0 Å². The summed E-state index contributed by atoms with van der Waals surface area (Å²) in [5, 5.41) is 3.03. The van der Waals surface area contributed by atoms with Gasteiger partial charge in [-0.15, -0.1) is 11.3 Å². The molecule has 0 aliphatic rings.